The first-order valence-corrected chi connectivity index (χ1v) is 10.2. The molecule has 0 radical (unpaired) electrons. The summed E-state index contributed by atoms with van der Waals surface area (Å²) < 4.78 is 1.56. The molecule has 1 aromatic carbocycles. The van der Waals surface area contributed by atoms with E-state index in [0.717, 1.165) is 16.7 Å². The highest BCUT2D eigenvalue weighted by molar-refractivity contribution is 6.12. The van der Waals surface area contributed by atoms with Gasteiger partial charge in [0.2, 0.25) is 0 Å². The molecule has 5 rings (SSSR count). The Morgan fingerprint density at radius 3 is 2.70 bits per heavy atom. The van der Waals surface area contributed by atoms with Crippen LogP contribution in [0.15, 0.2) is 95.8 Å². The summed E-state index contributed by atoms with van der Waals surface area (Å²) >= 11 is 0. The van der Waals surface area contributed by atoms with Gasteiger partial charge in [0, 0.05) is 36.8 Å². The van der Waals surface area contributed by atoms with Gasteiger partial charge in [-0.05, 0) is 18.6 Å². The average molecular weight is 436 g/mol. The second-order valence-corrected chi connectivity index (χ2v) is 7.47. The van der Waals surface area contributed by atoms with Crippen molar-refractivity contribution in [1.82, 2.24) is 30.0 Å². The van der Waals surface area contributed by atoms with Crippen molar-refractivity contribution in [1.29, 1.82) is 0 Å². The fraction of sp³-hybridized carbons (Fsp3) is 0.0833. The molecule has 9 heteroatoms. The van der Waals surface area contributed by atoms with E-state index in [1.54, 1.807) is 36.4 Å². The Bertz CT molecular complexity index is 1380. The number of fused-ring (bicyclic) bond motifs is 1. The number of hydrogen-bond donors (Lipinski definition) is 2. The minimum Gasteiger partial charge on any atom is -0.336 e. The van der Waals surface area contributed by atoms with E-state index < -0.39 is 0 Å². The lowest BCUT2D eigenvalue weighted by Crippen LogP contribution is -2.32. The number of aromatic nitrogens is 4. The minimum atomic E-state index is -0.336. The maximum atomic E-state index is 13.0. The van der Waals surface area contributed by atoms with Gasteiger partial charge in [-0.3, -0.25) is 9.48 Å². The lowest BCUT2D eigenvalue weighted by molar-refractivity contribution is 0.0978. The van der Waals surface area contributed by atoms with E-state index in [1.165, 1.54) is 6.33 Å². The Hall–Kier alpha value is -4.75. The summed E-state index contributed by atoms with van der Waals surface area (Å²) in [6.45, 7) is 2.00. The molecular formula is C24H20N8O. The van der Waals surface area contributed by atoms with Crippen molar-refractivity contribution >= 4 is 28.8 Å². The molecule has 162 valence electrons. The highest BCUT2D eigenvalue weighted by Gasteiger charge is 2.21. The number of aryl methyl sites for hydroxylation is 1. The number of carbonyl (C=O) groups is 1. The molecule has 0 saturated carbocycles. The van der Waals surface area contributed by atoms with Gasteiger partial charge in [0.1, 0.15) is 17.7 Å². The zero-order valence-electron chi connectivity index (χ0n) is 18.0. The fourth-order valence-corrected chi connectivity index (χ4v) is 3.51. The van der Waals surface area contributed by atoms with E-state index in [2.05, 4.69) is 48.6 Å². The van der Waals surface area contributed by atoms with Crippen LogP contribution in [0.4, 0.5) is 11.5 Å². The summed E-state index contributed by atoms with van der Waals surface area (Å²) in [7, 11) is 1.75. The zero-order chi connectivity index (χ0) is 22.8. The molecule has 2 aliphatic heterocycles. The summed E-state index contributed by atoms with van der Waals surface area (Å²) in [6, 6.07) is 10.1. The van der Waals surface area contributed by atoms with Crippen LogP contribution in [0.25, 0.3) is 5.57 Å². The molecule has 2 aliphatic rings. The number of benzene rings is 1. The molecule has 33 heavy (non-hydrogen) atoms. The molecular weight excluding hydrogens is 416 g/mol. The number of aliphatic imine (C=N–C) groups is 1. The van der Waals surface area contributed by atoms with E-state index in [0.29, 0.717) is 28.7 Å². The first-order chi connectivity index (χ1) is 16.1. The number of amidine groups is 1. The van der Waals surface area contributed by atoms with E-state index in [-0.39, 0.29) is 5.91 Å². The smallest absolute Gasteiger partial charge is 0.262 e. The van der Waals surface area contributed by atoms with Crippen molar-refractivity contribution in [2.24, 2.45) is 12.0 Å². The van der Waals surface area contributed by atoms with Crippen LogP contribution in [0.3, 0.4) is 0 Å². The molecule has 4 heterocycles. The maximum Gasteiger partial charge on any atom is 0.262 e. The number of anilines is 2. The summed E-state index contributed by atoms with van der Waals surface area (Å²) in [5.74, 6) is 1.09. The van der Waals surface area contributed by atoms with Crippen molar-refractivity contribution in [2.75, 3.05) is 5.32 Å². The van der Waals surface area contributed by atoms with Crippen LogP contribution in [-0.2, 0) is 7.05 Å². The largest absolute Gasteiger partial charge is 0.336 e. The molecule has 2 aromatic heterocycles. The number of nitrogens with zero attached hydrogens (tertiary/aromatic N) is 6. The van der Waals surface area contributed by atoms with Gasteiger partial charge in [-0.25, -0.2) is 15.0 Å². The summed E-state index contributed by atoms with van der Waals surface area (Å²) in [5.41, 5.74) is 7.47. The molecule has 0 spiro atoms. The number of nitrogens with one attached hydrogen (secondary N) is 2. The first-order valence-electron chi connectivity index (χ1n) is 10.2. The third kappa shape index (κ3) is 4.21. The molecule has 0 unspecified atom stereocenters. The second kappa shape index (κ2) is 8.41. The van der Waals surface area contributed by atoms with Gasteiger partial charge in [0.25, 0.3) is 5.91 Å². The molecule has 0 atom stereocenters. The van der Waals surface area contributed by atoms with Gasteiger partial charge in [0.05, 0.1) is 18.1 Å². The van der Waals surface area contributed by atoms with Gasteiger partial charge in [0.15, 0.2) is 11.6 Å². The fourth-order valence-electron chi connectivity index (χ4n) is 3.51. The number of allylic oxidation sites excluding steroid dienone is 2. The molecule has 0 saturated heterocycles. The molecule has 0 fully saturated rings. The van der Waals surface area contributed by atoms with Crippen LogP contribution in [-0.4, -0.2) is 36.4 Å². The third-order valence-corrected chi connectivity index (χ3v) is 5.06. The predicted molar refractivity (Wildman–Crippen MR) is 125 cm³/mol. The van der Waals surface area contributed by atoms with Crippen molar-refractivity contribution in [2.45, 2.75) is 6.92 Å². The summed E-state index contributed by atoms with van der Waals surface area (Å²) in [5, 5.41) is 10.2. The lowest BCUT2D eigenvalue weighted by atomic mass is 9.99. The molecule has 1 amide bonds. The quantitative estimate of drug-likeness (QED) is 0.609. The molecule has 9 nitrogen and oxygen atoms in total. The molecule has 0 bridgehead atoms. The third-order valence-electron chi connectivity index (χ3n) is 5.06. The molecule has 0 aliphatic carbocycles. The Balaban J connectivity index is 1.37. The van der Waals surface area contributed by atoms with Crippen molar-refractivity contribution in [3.8, 4) is 0 Å². The van der Waals surface area contributed by atoms with Gasteiger partial charge < -0.3 is 15.5 Å². The monoisotopic (exact) mass is 436 g/mol. The van der Waals surface area contributed by atoms with Gasteiger partial charge in [-0.15, -0.1) is 0 Å². The standard InChI is InChI=1S/C24H20N8O/c1-16-10-22-28-21(8-9-32(22)14-19(16)17-6-4-3-5-7-17)29-24(33)20-13-31(2)30-23(20)27-18-11-25-15-26-12-18/h3-9,11-15H,1-2H3,(H,27,30)(H,28,29,33). The predicted octanol–water partition coefficient (Wildman–Crippen LogP) is 3.35. The van der Waals surface area contributed by atoms with Crippen LogP contribution in [0.2, 0.25) is 0 Å². The summed E-state index contributed by atoms with van der Waals surface area (Å²) in [4.78, 5) is 27.4. The average Bonchev–Trinajstić information content (AvgIpc) is 3.20. The van der Waals surface area contributed by atoms with Gasteiger partial charge in [-0.1, -0.05) is 36.1 Å². The second-order valence-electron chi connectivity index (χ2n) is 7.47. The van der Waals surface area contributed by atoms with Crippen LogP contribution in [0.5, 0.6) is 0 Å². The maximum absolute atomic E-state index is 13.0. The zero-order valence-corrected chi connectivity index (χ0v) is 18.0. The summed E-state index contributed by atoms with van der Waals surface area (Å²) in [6.07, 6.45) is 11.9. The highest BCUT2D eigenvalue weighted by Crippen LogP contribution is 2.29. The van der Waals surface area contributed by atoms with Crippen LogP contribution >= 0.6 is 0 Å². The van der Waals surface area contributed by atoms with Gasteiger partial charge in [-0.2, -0.15) is 5.10 Å². The lowest BCUT2D eigenvalue weighted by Gasteiger charge is -2.24. The Morgan fingerprint density at radius 1 is 1.12 bits per heavy atom. The number of amides is 1. The van der Waals surface area contributed by atoms with Crippen molar-refractivity contribution in [3.05, 3.63) is 102 Å². The highest BCUT2D eigenvalue weighted by atomic mass is 16.1. The SMILES string of the molecule is CC1=C=C2N=C(NC(=O)c3cn(C)nc3Nc3cncnc3)C=CN2C=C1c1ccccc1. The minimum absolute atomic E-state index is 0.336. The Kier molecular flexibility index (Phi) is 5.14. The van der Waals surface area contributed by atoms with Crippen molar-refractivity contribution in [3.63, 3.8) is 0 Å². The topological polar surface area (TPSA) is 100 Å². The van der Waals surface area contributed by atoms with Crippen LogP contribution < -0.4 is 10.6 Å². The number of carbonyl (C=O) groups excluding carboxylic acids is 1. The van der Waals surface area contributed by atoms with Crippen LogP contribution in [0.1, 0.15) is 22.8 Å². The van der Waals surface area contributed by atoms with E-state index in [9.17, 15) is 4.79 Å². The van der Waals surface area contributed by atoms with E-state index in [1.807, 2.05) is 42.4 Å². The van der Waals surface area contributed by atoms with E-state index >= 15 is 0 Å². The molecule has 2 N–H and O–H groups in total. The molecule has 3 aromatic rings. The normalized spacial score (nSPS) is 14.5. The van der Waals surface area contributed by atoms with Crippen LogP contribution in [0, 0.1) is 0 Å². The Labute approximate surface area is 190 Å². The number of rotatable bonds is 4. The Morgan fingerprint density at radius 2 is 1.91 bits per heavy atom. The number of hydrogen-bond acceptors (Lipinski definition) is 7. The van der Waals surface area contributed by atoms with E-state index in [4.69, 9.17) is 0 Å². The first kappa shape index (κ1) is 20.2. The van der Waals surface area contributed by atoms with Crippen molar-refractivity contribution < 1.29 is 4.79 Å². The van der Waals surface area contributed by atoms with Gasteiger partial charge >= 0.3 is 0 Å².